The summed E-state index contributed by atoms with van der Waals surface area (Å²) in [5.41, 5.74) is 0. The summed E-state index contributed by atoms with van der Waals surface area (Å²) >= 11 is 0. The van der Waals surface area contributed by atoms with Crippen molar-refractivity contribution in [2.24, 2.45) is 0 Å². The third-order valence-electron chi connectivity index (χ3n) is 2.40. The van der Waals surface area contributed by atoms with Crippen molar-refractivity contribution in [1.82, 2.24) is 9.55 Å². The molecule has 0 aromatic carbocycles. The van der Waals surface area contributed by atoms with Gasteiger partial charge in [0.05, 0.1) is 12.3 Å². The molecule has 0 saturated heterocycles. The van der Waals surface area contributed by atoms with E-state index >= 15 is 0 Å². The molecule has 4 heteroatoms. The Hall–Kier alpha value is -2.10. The van der Waals surface area contributed by atoms with Crippen LogP contribution in [0.4, 0.5) is 0 Å². The van der Waals surface area contributed by atoms with Gasteiger partial charge in [-0.25, -0.2) is 4.98 Å². The molecule has 0 N–H and O–H groups in total. The van der Waals surface area contributed by atoms with Crippen molar-refractivity contribution in [1.29, 1.82) is 0 Å². The third kappa shape index (κ3) is 1.69. The van der Waals surface area contributed by atoms with E-state index in [0.717, 1.165) is 0 Å². The lowest BCUT2D eigenvalue weighted by atomic mass is 10.2. The number of ketones is 1. The molecule has 0 aliphatic carbocycles. The number of furan rings is 1. The number of carbonyl (C=O) groups is 1. The van der Waals surface area contributed by atoms with Crippen LogP contribution in [0, 0.1) is 0 Å². The molecule has 82 valence electrons. The first-order valence-corrected chi connectivity index (χ1v) is 4.97. The highest BCUT2D eigenvalue weighted by molar-refractivity contribution is 6.04. The fourth-order valence-corrected chi connectivity index (χ4v) is 1.45. The van der Waals surface area contributed by atoms with Gasteiger partial charge in [-0.1, -0.05) is 6.08 Å². The fourth-order valence-electron chi connectivity index (χ4n) is 1.45. The Kier molecular flexibility index (Phi) is 2.72. The van der Waals surface area contributed by atoms with Crippen molar-refractivity contribution in [3.05, 3.63) is 55.0 Å². The topological polar surface area (TPSA) is 48.0 Å². The number of rotatable bonds is 4. The van der Waals surface area contributed by atoms with Crippen LogP contribution in [0.5, 0.6) is 0 Å². The van der Waals surface area contributed by atoms with Crippen LogP contribution in [-0.2, 0) is 0 Å². The molecule has 0 amide bonds. The summed E-state index contributed by atoms with van der Waals surface area (Å²) in [4.78, 5) is 16.0. The molecule has 0 saturated carbocycles. The van der Waals surface area contributed by atoms with Crippen LogP contribution >= 0.6 is 0 Å². The summed E-state index contributed by atoms with van der Waals surface area (Å²) in [5, 5.41) is 0. The Morgan fingerprint density at radius 2 is 2.50 bits per heavy atom. The van der Waals surface area contributed by atoms with E-state index in [9.17, 15) is 4.79 Å². The molecule has 2 heterocycles. The van der Waals surface area contributed by atoms with Crippen LogP contribution in [0.15, 0.2) is 47.9 Å². The van der Waals surface area contributed by atoms with Crippen LogP contribution in [0.3, 0.4) is 0 Å². The Bertz CT molecular complexity index is 497. The highest BCUT2D eigenvalue weighted by Crippen LogP contribution is 2.14. The van der Waals surface area contributed by atoms with Crippen molar-refractivity contribution in [3.63, 3.8) is 0 Å². The minimum absolute atomic E-state index is 0.0245. The van der Waals surface area contributed by atoms with Crippen LogP contribution in [0.25, 0.3) is 0 Å². The standard InChI is InChI=1S/C12H12N2O2/c1-3-9(2)14-7-6-13-12(14)11(15)10-5-4-8-16-10/h3-9H,1H2,2H3. The summed E-state index contributed by atoms with van der Waals surface area (Å²) in [6, 6.07) is 3.33. The largest absolute Gasteiger partial charge is 0.461 e. The molecule has 0 spiro atoms. The first kappa shape index (κ1) is 10.4. The van der Waals surface area contributed by atoms with Gasteiger partial charge in [0.1, 0.15) is 0 Å². The first-order chi connectivity index (χ1) is 7.74. The monoisotopic (exact) mass is 216 g/mol. The quantitative estimate of drug-likeness (QED) is 0.582. The van der Waals surface area contributed by atoms with Gasteiger partial charge in [0, 0.05) is 12.4 Å². The van der Waals surface area contributed by atoms with Gasteiger partial charge < -0.3 is 8.98 Å². The Morgan fingerprint density at radius 1 is 1.69 bits per heavy atom. The number of imidazole rings is 1. The van der Waals surface area contributed by atoms with Crippen LogP contribution in [0.2, 0.25) is 0 Å². The predicted molar refractivity (Wildman–Crippen MR) is 59.3 cm³/mol. The number of aromatic nitrogens is 2. The van der Waals surface area contributed by atoms with Crippen LogP contribution in [-0.4, -0.2) is 15.3 Å². The molecule has 0 bridgehead atoms. The molecule has 1 atom stereocenters. The van der Waals surface area contributed by atoms with Crippen molar-refractivity contribution in [2.45, 2.75) is 13.0 Å². The summed E-state index contributed by atoms with van der Waals surface area (Å²) in [5.74, 6) is 0.440. The number of allylic oxidation sites excluding steroid dienone is 1. The minimum Gasteiger partial charge on any atom is -0.461 e. The summed E-state index contributed by atoms with van der Waals surface area (Å²) in [7, 11) is 0. The molecule has 0 radical (unpaired) electrons. The molecule has 1 unspecified atom stereocenters. The number of nitrogens with zero attached hydrogens (tertiary/aromatic N) is 2. The van der Waals surface area contributed by atoms with Crippen LogP contribution in [0.1, 0.15) is 29.3 Å². The molecule has 4 nitrogen and oxygen atoms in total. The number of hydrogen-bond donors (Lipinski definition) is 0. The number of carbonyl (C=O) groups excluding carboxylic acids is 1. The predicted octanol–water partition coefficient (Wildman–Crippen LogP) is 2.45. The van der Waals surface area contributed by atoms with E-state index in [1.165, 1.54) is 6.26 Å². The normalized spacial score (nSPS) is 12.3. The van der Waals surface area contributed by atoms with E-state index < -0.39 is 0 Å². The Balaban J connectivity index is 2.38. The first-order valence-electron chi connectivity index (χ1n) is 4.97. The lowest BCUT2D eigenvalue weighted by Crippen LogP contribution is -2.12. The number of hydrogen-bond acceptors (Lipinski definition) is 3. The van der Waals surface area contributed by atoms with Crippen molar-refractivity contribution in [2.75, 3.05) is 0 Å². The second-order valence-corrected chi connectivity index (χ2v) is 3.44. The molecule has 0 aliphatic heterocycles. The second-order valence-electron chi connectivity index (χ2n) is 3.44. The molecule has 2 rings (SSSR count). The van der Waals surface area contributed by atoms with E-state index in [2.05, 4.69) is 11.6 Å². The SMILES string of the molecule is C=CC(C)n1ccnc1C(=O)c1ccco1. The summed E-state index contributed by atoms with van der Waals surface area (Å²) < 4.78 is 6.82. The van der Waals surface area contributed by atoms with E-state index in [0.29, 0.717) is 11.6 Å². The van der Waals surface area contributed by atoms with Gasteiger partial charge >= 0.3 is 0 Å². The maximum absolute atomic E-state index is 12.0. The molecular weight excluding hydrogens is 204 g/mol. The van der Waals surface area contributed by atoms with Gasteiger partial charge in [-0.05, 0) is 19.1 Å². The van der Waals surface area contributed by atoms with Gasteiger partial charge in [-0.15, -0.1) is 6.58 Å². The van der Waals surface area contributed by atoms with Gasteiger partial charge in [-0.2, -0.15) is 0 Å². The Labute approximate surface area is 93.2 Å². The molecule has 0 aliphatic rings. The van der Waals surface area contributed by atoms with Crippen molar-refractivity contribution >= 4 is 5.78 Å². The van der Waals surface area contributed by atoms with E-state index in [-0.39, 0.29) is 11.8 Å². The van der Waals surface area contributed by atoms with Crippen molar-refractivity contribution < 1.29 is 9.21 Å². The van der Waals surface area contributed by atoms with Gasteiger partial charge in [-0.3, -0.25) is 4.79 Å². The highest BCUT2D eigenvalue weighted by Gasteiger charge is 2.18. The zero-order valence-electron chi connectivity index (χ0n) is 8.96. The van der Waals surface area contributed by atoms with Gasteiger partial charge in [0.15, 0.2) is 11.6 Å². The summed E-state index contributed by atoms with van der Waals surface area (Å²) in [6.07, 6.45) is 6.57. The fraction of sp³-hybridized carbons (Fsp3) is 0.167. The van der Waals surface area contributed by atoms with Crippen molar-refractivity contribution in [3.8, 4) is 0 Å². The minimum atomic E-state index is -0.219. The zero-order valence-corrected chi connectivity index (χ0v) is 8.96. The zero-order chi connectivity index (χ0) is 11.5. The van der Waals surface area contributed by atoms with Gasteiger partial charge in [0.25, 0.3) is 5.78 Å². The van der Waals surface area contributed by atoms with E-state index in [4.69, 9.17) is 4.42 Å². The third-order valence-corrected chi connectivity index (χ3v) is 2.40. The molecule has 0 fully saturated rings. The Morgan fingerprint density at radius 3 is 3.12 bits per heavy atom. The average molecular weight is 216 g/mol. The smallest absolute Gasteiger partial charge is 0.263 e. The maximum Gasteiger partial charge on any atom is 0.263 e. The summed E-state index contributed by atoms with van der Waals surface area (Å²) in [6.45, 7) is 5.63. The lowest BCUT2D eigenvalue weighted by molar-refractivity contribution is 0.0994. The van der Waals surface area contributed by atoms with E-state index in [1.54, 1.807) is 35.2 Å². The molecule has 16 heavy (non-hydrogen) atoms. The van der Waals surface area contributed by atoms with Gasteiger partial charge in [0.2, 0.25) is 0 Å². The average Bonchev–Trinajstić information content (AvgIpc) is 2.97. The van der Waals surface area contributed by atoms with E-state index in [1.807, 2.05) is 6.92 Å². The lowest BCUT2D eigenvalue weighted by Gasteiger charge is -2.10. The molecular formula is C12H12N2O2. The molecule has 2 aromatic rings. The van der Waals surface area contributed by atoms with Crippen LogP contribution < -0.4 is 0 Å². The maximum atomic E-state index is 12.0. The second kappa shape index (κ2) is 4.18. The highest BCUT2D eigenvalue weighted by atomic mass is 16.3. The molecule has 2 aromatic heterocycles.